The molecule has 19 heavy (non-hydrogen) atoms. The molecule has 1 unspecified atom stereocenters. The zero-order chi connectivity index (χ0) is 14.7. The Morgan fingerprint density at radius 1 is 1.21 bits per heavy atom. The smallest absolute Gasteiger partial charge is 0.227 e. The number of benzene rings is 1. The van der Waals surface area contributed by atoms with Crippen molar-refractivity contribution >= 4 is 5.91 Å². The van der Waals surface area contributed by atoms with Crippen molar-refractivity contribution in [3.8, 4) is 0 Å². The van der Waals surface area contributed by atoms with Gasteiger partial charge in [-0.25, -0.2) is 0 Å². The van der Waals surface area contributed by atoms with Crippen LogP contribution in [0.3, 0.4) is 0 Å². The highest BCUT2D eigenvalue weighted by atomic mass is 16.2. The van der Waals surface area contributed by atoms with Gasteiger partial charge in [-0.15, -0.1) is 0 Å². The average molecular weight is 262 g/mol. The van der Waals surface area contributed by atoms with Crippen molar-refractivity contribution in [3.63, 3.8) is 0 Å². The summed E-state index contributed by atoms with van der Waals surface area (Å²) in [7, 11) is 0. The second-order valence-electron chi connectivity index (χ2n) is 6.37. The minimum absolute atomic E-state index is 0.00258. The van der Waals surface area contributed by atoms with Crippen LogP contribution in [0.15, 0.2) is 30.3 Å². The van der Waals surface area contributed by atoms with Crippen LogP contribution in [0.5, 0.6) is 0 Å². The lowest BCUT2D eigenvalue weighted by Crippen LogP contribution is -2.55. The normalized spacial score (nSPS) is 14.0. The quantitative estimate of drug-likeness (QED) is 0.857. The van der Waals surface area contributed by atoms with E-state index in [2.05, 4.69) is 24.4 Å². The molecule has 1 rings (SSSR count). The molecule has 0 saturated heterocycles. The maximum atomic E-state index is 12.3. The first-order valence-corrected chi connectivity index (χ1v) is 6.78. The highest BCUT2D eigenvalue weighted by Gasteiger charge is 2.40. The monoisotopic (exact) mass is 262 g/mol. The van der Waals surface area contributed by atoms with E-state index in [4.69, 9.17) is 5.73 Å². The molecule has 3 heteroatoms. The molecule has 0 spiro atoms. The van der Waals surface area contributed by atoms with Crippen molar-refractivity contribution in [2.24, 2.45) is 11.1 Å². The zero-order valence-electron chi connectivity index (χ0n) is 12.7. The van der Waals surface area contributed by atoms with Gasteiger partial charge >= 0.3 is 0 Å². The van der Waals surface area contributed by atoms with Crippen LogP contribution < -0.4 is 11.1 Å². The third-order valence-corrected chi connectivity index (χ3v) is 4.12. The highest BCUT2D eigenvalue weighted by Crippen LogP contribution is 2.28. The van der Waals surface area contributed by atoms with Crippen molar-refractivity contribution in [1.82, 2.24) is 5.32 Å². The van der Waals surface area contributed by atoms with Gasteiger partial charge in [0.15, 0.2) is 0 Å². The van der Waals surface area contributed by atoms with Crippen LogP contribution >= 0.6 is 0 Å². The third-order valence-electron chi connectivity index (χ3n) is 4.12. The number of carbonyl (C=O) groups excluding carboxylic acids is 1. The predicted molar refractivity (Wildman–Crippen MR) is 79.9 cm³/mol. The second kappa shape index (κ2) is 5.74. The Bertz CT molecular complexity index is 418. The van der Waals surface area contributed by atoms with E-state index in [0.29, 0.717) is 12.5 Å². The molecule has 106 valence electrons. The average Bonchev–Trinajstić information content (AvgIpc) is 2.35. The molecule has 1 atom stereocenters. The van der Waals surface area contributed by atoms with Gasteiger partial charge in [0.2, 0.25) is 5.91 Å². The van der Waals surface area contributed by atoms with Gasteiger partial charge < -0.3 is 11.1 Å². The summed E-state index contributed by atoms with van der Waals surface area (Å²) in [5, 5.41) is 3.01. The molecule has 0 aromatic heterocycles. The van der Waals surface area contributed by atoms with Crippen molar-refractivity contribution in [1.29, 1.82) is 0 Å². The molecular weight excluding hydrogens is 236 g/mol. The molecule has 0 aliphatic rings. The molecule has 1 amide bonds. The molecular formula is C16H26N2O. The summed E-state index contributed by atoms with van der Waals surface area (Å²) in [6.07, 6.45) is 0. The lowest BCUT2D eigenvalue weighted by atomic mass is 9.74. The molecule has 1 aromatic carbocycles. The Labute approximate surface area is 116 Å². The highest BCUT2D eigenvalue weighted by molar-refractivity contribution is 5.83. The zero-order valence-corrected chi connectivity index (χ0v) is 12.7. The molecule has 1 aromatic rings. The number of rotatable bonds is 5. The number of carbonyl (C=O) groups is 1. The minimum atomic E-state index is -0.594. The molecule has 0 aliphatic heterocycles. The molecule has 3 N–H and O–H groups in total. The van der Waals surface area contributed by atoms with E-state index in [1.807, 2.05) is 45.9 Å². The Morgan fingerprint density at radius 3 is 2.21 bits per heavy atom. The van der Waals surface area contributed by atoms with Crippen LogP contribution in [-0.4, -0.2) is 18.0 Å². The van der Waals surface area contributed by atoms with E-state index in [-0.39, 0.29) is 5.91 Å². The standard InChI is InChI=1S/C16H26N2O/c1-12(13-9-7-6-8-10-13)11-18-14(19)15(2,3)16(4,5)17/h6-10,12H,11,17H2,1-5H3,(H,18,19). The largest absolute Gasteiger partial charge is 0.355 e. The van der Waals surface area contributed by atoms with Crippen molar-refractivity contribution in [3.05, 3.63) is 35.9 Å². The maximum absolute atomic E-state index is 12.3. The van der Waals surface area contributed by atoms with Crippen LogP contribution in [0.1, 0.15) is 46.1 Å². The first kappa shape index (κ1) is 15.7. The Hall–Kier alpha value is -1.35. The van der Waals surface area contributed by atoms with Gasteiger partial charge in [0, 0.05) is 12.1 Å². The van der Waals surface area contributed by atoms with Crippen LogP contribution in [-0.2, 0) is 4.79 Å². The van der Waals surface area contributed by atoms with Gasteiger partial charge in [-0.3, -0.25) is 4.79 Å². The van der Waals surface area contributed by atoms with Gasteiger partial charge in [-0.05, 0) is 39.2 Å². The summed E-state index contributed by atoms with van der Waals surface area (Å²) < 4.78 is 0. The topological polar surface area (TPSA) is 55.1 Å². The Kier molecular flexibility index (Phi) is 4.75. The SMILES string of the molecule is CC(CNC(=O)C(C)(C)C(C)(C)N)c1ccccc1. The fourth-order valence-electron chi connectivity index (χ4n) is 1.66. The summed E-state index contributed by atoms with van der Waals surface area (Å²) in [5.74, 6) is 0.296. The number of hydrogen-bond acceptors (Lipinski definition) is 2. The summed E-state index contributed by atoms with van der Waals surface area (Å²) in [6, 6.07) is 10.2. The molecule has 0 heterocycles. The van der Waals surface area contributed by atoms with E-state index in [9.17, 15) is 4.79 Å². The summed E-state index contributed by atoms with van der Waals surface area (Å²) >= 11 is 0. The van der Waals surface area contributed by atoms with Gasteiger partial charge in [0.05, 0.1) is 5.41 Å². The Balaban J connectivity index is 2.61. The van der Waals surface area contributed by atoms with Gasteiger partial charge in [-0.2, -0.15) is 0 Å². The van der Waals surface area contributed by atoms with Crippen molar-refractivity contribution < 1.29 is 4.79 Å². The number of hydrogen-bond donors (Lipinski definition) is 2. The first-order chi connectivity index (χ1) is 8.66. The molecule has 0 bridgehead atoms. The fraction of sp³-hybridized carbons (Fsp3) is 0.562. The lowest BCUT2D eigenvalue weighted by Gasteiger charge is -2.37. The maximum Gasteiger partial charge on any atom is 0.227 e. The van der Waals surface area contributed by atoms with Crippen LogP contribution in [0.2, 0.25) is 0 Å². The lowest BCUT2D eigenvalue weighted by molar-refractivity contribution is -0.132. The van der Waals surface area contributed by atoms with Crippen LogP contribution in [0.25, 0.3) is 0 Å². The van der Waals surface area contributed by atoms with Crippen molar-refractivity contribution in [2.45, 2.75) is 46.1 Å². The van der Waals surface area contributed by atoms with E-state index in [0.717, 1.165) is 0 Å². The fourth-order valence-corrected chi connectivity index (χ4v) is 1.66. The molecule has 0 aliphatic carbocycles. The number of nitrogens with one attached hydrogen (secondary N) is 1. The number of nitrogens with two attached hydrogens (primary N) is 1. The predicted octanol–water partition coefficient (Wildman–Crippen LogP) is 2.67. The molecule has 3 nitrogen and oxygen atoms in total. The van der Waals surface area contributed by atoms with Crippen LogP contribution in [0.4, 0.5) is 0 Å². The third kappa shape index (κ3) is 3.80. The van der Waals surface area contributed by atoms with E-state index in [1.54, 1.807) is 0 Å². The summed E-state index contributed by atoms with van der Waals surface area (Å²) in [6.45, 7) is 10.3. The molecule has 0 fully saturated rings. The van der Waals surface area contributed by atoms with Gasteiger partial charge in [0.25, 0.3) is 0 Å². The minimum Gasteiger partial charge on any atom is -0.355 e. The van der Waals surface area contributed by atoms with Crippen molar-refractivity contribution in [2.75, 3.05) is 6.54 Å². The second-order valence-corrected chi connectivity index (χ2v) is 6.37. The summed E-state index contributed by atoms with van der Waals surface area (Å²) in [5.41, 5.74) is 6.16. The Morgan fingerprint density at radius 2 is 1.74 bits per heavy atom. The molecule has 0 saturated carbocycles. The van der Waals surface area contributed by atoms with E-state index < -0.39 is 11.0 Å². The van der Waals surface area contributed by atoms with E-state index in [1.165, 1.54) is 5.56 Å². The summed E-state index contributed by atoms with van der Waals surface area (Å²) in [4.78, 5) is 12.3. The first-order valence-electron chi connectivity index (χ1n) is 6.78. The van der Waals surface area contributed by atoms with E-state index >= 15 is 0 Å². The van der Waals surface area contributed by atoms with Gasteiger partial charge in [0.1, 0.15) is 0 Å². The van der Waals surface area contributed by atoms with Crippen LogP contribution in [0, 0.1) is 5.41 Å². The van der Waals surface area contributed by atoms with Gasteiger partial charge in [-0.1, -0.05) is 37.3 Å². The molecule has 0 radical (unpaired) electrons. The number of amides is 1.